The number of esters is 1. The first kappa shape index (κ1) is 14.3. The van der Waals surface area contributed by atoms with Crippen LogP contribution in [0.15, 0.2) is 48.5 Å². The number of rotatable bonds is 5. The van der Waals surface area contributed by atoms with Crippen LogP contribution in [0.1, 0.15) is 36.2 Å². The highest BCUT2D eigenvalue weighted by Crippen LogP contribution is 2.23. The molecule has 0 aromatic heterocycles. The van der Waals surface area contributed by atoms with Crippen LogP contribution < -0.4 is 0 Å². The molecule has 0 aliphatic rings. The fourth-order valence-electron chi connectivity index (χ4n) is 2.25. The molecule has 2 heteroatoms. The summed E-state index contributed by atoms with van der Waals surface area (Å²) in [5.41, 5.74) is 4.00. The minimum atomic E-state index is -0.248. The lowest BCUT2D eigenvalue weighted by Gasteiger charge is -2.09. The lowest BCUT2D eigenvalue weighted by Crippen LogP contribution is -2.05. The highest BCUT2D eigenvalue weighted by atomic mass is 16.5. The summed E-state index contributed by atoms with van der Waals surface area (Å²) in [5, 5.41) is 0. The summed E-state index contributed by atoms with van der Waals surface area (Å²) in [6, 6.07) is 16.1. The molecule has 0 spiro atoms. The van der Waals surface area contributed by atoms with Crippen LogP contribution in [-0.4, -0.2) is 12.6 Å². The predicted molar refractivity (Wildman–Crippen MR) is 81.8 cm³/mol. The average molecular weight is 268 g/mol. The zero-order valence-corrected chi connectivity index (χ0v) is 12.1. The summed E-state index contributed by atoms with van der Waals surface area (Å²) in [6.45, 7) is 4.36. The van der Waals surface area contributed by atoms with E-state index in [-0.39, 0.29) is 5.97 Å². The van der Waals surface area contributed by atoms with E-state index in [1.807, 2.05) is 37.3 Å². The molecule has 0 saturated carbocycles. The van der Waals surface area contributed by atoms with E-state index < -0.39 is 0 Å². The molecule has 20 heavy (non-hydrogen) atoms. The minimum Gasteiger partial charge on any atom is -0.462 e. The van der Waals surface area contributed by atoms with Gasteiger partial charge < -0.3 is 4.74 Å². The Labute approximate surface area is 120 Å². The van der Waals surface area contributed by atoms with Crippen molar-refractivity contribution in [3.8, 4) is 11.1 Å². The molecule has 2 rings (SSSR count). The van der Waals surface area contributed by atoms with E-state index in [0.29, 0.717) is 12.2 Å². The molecule has 0 saturated heterocycles. The number of ether oxygens (including phenoxy) is 1. The van der Waals surface area contributed by atoms with Gasteiger partial charge in [0.1, 0.15) is 0 Å². The Hall–Kier alpha value is -2.09. The monoisotopic (exact) mass is 268 g/mol. The molecular formula is C18H20O2. The van der Waals surface area contributed by atoms with Crippen molar-refractivity contribution < 1.29 is 9.53 Å². The SMILES string of the molecule is CCCc1cc(C(=O)OCC)cc(-c2ccccc2)c1. The summed E-state index contributed by atoms with van der Waals surface area (Å²) in [7, 11) is 0. The molecule has 0 amide bonds. The van der Waals surface area contributed by atoms with Gasteiger partial charge in [-0.1, -0.05) is 49.7 Å². The highest BCUT2D eigenvalue weighted by molar-refractivity contribution is 5.91. The Bertz CT molecular complexity index is 573. The molecule has 0 heterocycles. The van der Waals surface area contributed by atoms with Gasteiger partial charge in [0.2, 0.25) is 0 Å². The highest BCUT2D eigenvalue weighted by Gasteiger charge is 2.10. The van der Waals surface area contributed by atoms with Crippen molar-refractivity contribution in [3.05, 3.63) is 59.7 Å². The first-order valence-electron chi connectivity index (χ1n) is 7.11. The lowest BCUT2D eigenvalue weighted by molar-refractivity contribution is 0.0526. The van der Waals surface area contributed by atoms with Gasteiger partial charge >= 0.3 is 5.97 Å². The lowest BCUT2D eigenvalue weighted by atomic mass is 9.98. The molecule has 2 aromatic rings. The largest absolute Gasteiger partial charge is 0.462 e. The molecule has 2 aromatic carbocycles. The number of aryl methyl sites for hydroxylation is 1. The second-order valence-electron chi connectivity index (χ2n) is 4.76. The smallest absolute Gasteiger partial charge is 0.338 e. The fourth-order valence-corrected chi connectivity index (χ4v) is 2.25. The van der Waals surface area contributed by atoms with Crippen molar-refractivity contribution in [1.82, 2.24) is 0 Å². The Morgan fingerprint density at radius 2 is 1.75 bits per heavy atom. The van der Waals surface area contributed by atoms with Crippen LogP contribution in [0, 0.1) is 0 Å². The number of carbonyl (C=O) groups excluding carboxylic acids is 1. The maximum Gasteiger partial charge on any atom is 0.338 e. The Morgan fingerprint density at radius 3 is 2.40 bits per heavy atom. The van der Waals surface area contributed by atoms with Crippen molar-refractivity contribution in [3.63, 3.8) is 0 Å². The van der Waals surface area contributed by atoms with Crippen LogP contribution in [0.3, 0.4) is 0 Å². The average Bonchev–Trinajstić information content (AvgIpc) is 2.48. The predicted octanol–water partition coefficient (Wildman–Crippen LogP) is 4.48. The van der Waals surface area contributed by atoms with E-state index in [0.717, 1.165) is 24.0 Å². The summed E-state index contributed by atoms with van der Waals surface area (Å²) < 4.78 is 5.11. The van der Waals surface area contributed by atoms with Crippen LogP contribution in [0.4, 0.5) is 0 Å². The molecule has 0 unspecified atom stereocenters. The quantitative estimate of drug-likeness (QED) is 0.747. The van der Waals surface area contributed by atoms with Gasteiger partial charge in [-0.2, -0.15) is 0 Å². The standard InChI is InChI=1S/C18H20O2/c1-3-8-14-11-16(15-9-6-5-7-10-15)13-17(12-14)18(19)20-4-2/h5-7,9-13H,3-4,8H2,1-2H3. The molecule has 104 valence electrons. The summed E-state index contributed by atoms with van der Waals surface area (Å²) in [6.07, 6.45) is 2.02. The van der Waals surface area contributed by atoms with E-state index in [9.17, 15) is 4.79 Å². The van der Waals surface area contributed by atoms with Crippen molar-refractivity contribution in [1.29, 1.82) is 0 Å². The topological polar surface area (TPSA) is 26.3 Å². The maximum atomic E-state index is 12.0. The van der Waals surface area contributed by atoms with Crippen LogP contribution in [0.5, 0.6) is 0 Å². The molecule has 0 N–H and O–H groups in total. The van der Waals surface area contributed by atoms with Gasteiger partial charge in [-0.3, -0.25) is 0 Å². The maximum absolute atomic E-state index is 12.0. The molecule has 0 aliphatic carbocycles. The van der Waals surface area contributed by atoms with Crippen molar-refractivity contribution in [2.75, 3.05) is 6.61 Å². The Balaban J connectivity index is 2.43. The van der Waals surface area contributed by atoms with Gasteiger partial charge in [0.25, 0.3) is 0 Å². The van der Waals surface area contributed by atoms with Gasteiger partial charge in [0.15, 0.2) is 0 Å². The van der Waals surface area contributed by atoms with E-state index >= 15 is 0 Å². The fraction of sp³-hybridized carbons (Fsp3) is 0.278. The first-order chi connectivity index (χ1) is 9.74. The van der Waals surface area contributed by atoms with Crippen molar-refractivity contribution in [2.24, 2.45) is 0 Å². The zero-order chi connectivity index (χ0) is 14.4. The number of hydrogen-bond donors (Lipinski definition) is 0. The van der Waals surface area contributed by atoms with E-state index in [1.54, 1.807) is 0 Å². The third kappa shape index (κ3) is 3.47. The molecule has 0 fully saturated rings. The summed E-state index contributed by atoms with van der Waals surface area (Å²) in [5.74, 6) is -0.248. The number of benzene rings is 2. The molecule has 0 radical (unpaired) electrons. The van der Waals surface area contributed by atoms with E-state index in [2.05, 4.69) is 25.1 Å². The van der Waals surface area contributed by atoms with Crippen molar-refractivity contribution in [2.45, 2.75) is 26.7 Å². The normalized spacial score (nSPS) is 10.3. The third-order valence-corrected chi connectivity index (χ3v) is 3.15. The van der Waals surface area contributed by atoms with Gasteiger partial charge in [-0.05, 0) is 42.2 Å². The van der Waals surface area contributed by atoms with E-state index in [1.165, 1.54) is 5.56 Å². The number of hydrogen-bond acceptors (Lipinski definition) is 2. The molecule has 0 bridgehead atoms. The Morgan fingerprint density at radius 1 is 1.00 bits per heavy atom. The minimum absolute atomic E-state index is 0.248. The molecular weight excluding hydrogens is 248 g/mol. The van der Waals surface area contributed by atoms with Crippen LogP contribution in [0.25, 0.3) is 11.1 Å². The van der Waals surface area contributed by atoms with Crippen LogP contribution in [-0.2, 0) is 11.2 Å². The molecule has 2 nitrogen and oxygen atoms in total. The number of carbonyl (C=O) groups is 1. The molecule has 0 atom stereocenters. The zero-order valence-electron chi connectivity index (χ0n) is 12.1. The second-order valence-corrected chi connectivity index (χ2v) is 4.76. The summed E-state index contributed by atoms with van der Waals surface area (Å²) >= 11 is 0. The van der Waals surface area contributed by atoms with Gasteiger partial charge in [-0.25, -0.2) is 4.79 Å². The van der Waals surface area contributed by atoms with Gasteiger partial charge in [0.05, 0.1) is 12.2 Å². The van der Waals surface area contributed by atoms with Gasteiger partial charge in [-0.15, -0.1) is 0 Å². The first-order valence-corrected chi connectivity index (χ1v) is 7.11. The third-order valence-electron chi connectivity index (χ3n) is 3.15. The van der Waals surface area contributed by atoms with Crippen LogP contribution in [0.2, 0.25) is 0 Å². The van der Waals surface area contributed by atoms with Gasteiger partial charge in [0, 0.05) is 0 Å². The van der Waals surface area contributed by atoms with E-state index in [4.69, 9.17) is 4.74 Å². The second kappa shape index (κ2) is 6.90. The van der Waals surface area contributed by atoms with Crippen molar-refractivity contribution >= 4 is 5.97 Å². The Kier molecular flexibility index (Phi) is 4.94. The van der Waals surface area contributed by atoms with Crippen LogP contribution >= 0.6 is 0 Å². The summed E-state index contributed by atoms with van der Waals surface area (Å²) in [4.78, 5) is 12.0. The molecule has 0 aliphatic heterocycles.